The molecule has 1 aromatic rings. The predicted octanol–water partition coefficient (Wildman–Crippen LogP) is 4.24. The van der Waals surface area contributed by atoms with Crippen molar-refractivity contribution in [3.8, 4) is 0 Å². The van der Waals surface area contributed by atoms with Crippen LogP contribution in [-0.4, -0.2) is 18.7 Å². The second kappa shape index (κ2) is 11.6. The number of amides is 1. The maximum Gasteiger partial charge on any atom is 0.440 e. The Balaban J connectivity index is 2.01. The summed E-state index contributed by atoms with van der Waals surface area (Å²) in [7, 11) is 0. The fourth-order valence-corrected chi connectivity index (χ4v) is 1.97. The SMILES string of the molecule is CCCCCCCCCOC(=O)NOC(=O)c1ccccc1. The smallest absolute Gasteiger partial charge is 0.440 e. The number of nitrogens with one attached hydrogen (secondary N) is 1. The summed E-state index contributed by atoms with van der Waals surface area (Å²) in [5.41, 5.74) is 2.36. The minimum Gasteiger partial charge on any atom is -0.447 e. The topological polar surface area (TPSA) is 64.6 Å². The van der Waals surface area contributed by atoms with Crippen LogP contribution in [0.2, 0.25) is 0 Å². The van der Waals surface area contributed by atoms with Crippen molar-refractivity contribution in [2.75, 3.05) is 6.61 Å². The zero-order chi connectivity index (χ0) is 16.0. The Morgan fingerprint density at radius 1 is 0.955 bits per heavy atom. The van der Waals surface area contributed by atoms with Gasteiger partial charge in [-0.3, -0.25) is 0 Å². The number of benzene rings is 1. The van der Waals surface area contributed by atoms with Crippen molar-refractivity contribution in [1.82, 2.24) is 5.48 Å². The average Bonchev–Trinajstić information content (AvgIpc) is 2.56. The van der Waals surface area contributed by atoms with Gasteiger partial charge < -0.3 is 9.57 Å². The van der Waals surface area contributed by atoms with Gasteiger partial charge in [-0.1, -0.05) is 63.6 Å². The zero-order valence-electron chi connectivity index (χ0n) is 13.2. The van der Waals surface area contributed by atoms with E-state index in [1.807, 2.05) is 5.48 Å². The second-order valence-corrected chi connectivity index (χ2v) is 5.11. The predicted molar refractivity (Wildman–Crippen MR) is 84.3 cm³/mol. The maximum absolute atomic E-state index is 11.6. The molecule has 0 aliphatic rings. The highest BCUT2D eigenvalue weighted by atomic mass is 16.7. The molecule has 0 aliphatic carbocycles. The Labute approximate surface area is 131 Å². The highest BCUT2D eigenvalue weighted by Gasteiger charge is 2.09. The van der Waals surface area contributed by atoms with Crippen molar-refractivity contribution in [3.05, 3.63) is 35.9 Å². The number of hydroxylamine groups is 1. The third-order valence-electron chi connectivity index (χ3n) is 3.22. The summed E-state index contributed by atoms with van der Waals surface area (Å²) in [6.07, 6.45) is 7.31. The molecule has 0 bridgehead atoms. The lowest BCUT2D eigenvalue weighted by molar-refractivity contribution is 0.0206. The molecule has 0 radical (unpaired) electrons. The number of carbonyl (C=O) groups excluding carboxylic acids is 2. The third kappa shape index (κ3) is 8.29. The van der Waals surface area contributed by atoms with Gasteiger partial charge in [0.15, 0.2) is 0 Å². The van der Waals surface area contributed by atoms with E-state index in [1.165, 1.54) is 25.7 Å². The van der Waals surface area contributed by atoms with Crippen LogP contribution in [0.25, 0.3) is 0 Å². The number of rotatable bonds is 9. The molecule has 1 N–H and O–H groups in total. The molecule has 5 heteroatoms. The Morgan fingerprint density at radius 2 is 1.59 bits per heavy atom. The summed E-state index contributed by atoms with van der Waals surface area (Å²) in [5.74, 6) is -0.617. The quantitative estimate of drug-likeness (QED) is 0.547. The van der Waals surface area contributed by atoms with E-state index in [9.17, 15) is 9.59 Å². The molecule has 1 aromatic carbocycles. The van der Waals surface area contributed by atoms with E-state index in [-0.39, 0.29) is 0 Å². The van der Waals surface area contributed by atoms with Crippen LogP contribution in [0.1, 0.15) is 62.2 Å². The lowest BCUT2D eigenvalue weighted by Gasteiger charge is -2.07. The van der Waals surface area contributed by atoms with Crippen molar-refractivity contribution in [2.24, 2.45) is 0 Å². The minimum atomic E-state index is -0.740. The Hall–Kier alpha value is -2.04. The highest BCUT2D eigenvalue weighted by Crippen LogP contribution is 2.06. The third-order valence-corrected chi connectivity index (χ3v) is 3.22. The number of unbranched alkanes of at least 4 members (excludes halogenated alkanes) is 6. The molecule has 0 spiro atoms. The van der Waals surface area contributed by atoms with Gasteiger partial charge in [0, 0.05) is 0 Å². The fraction of sp³-hybridized carbons (Fsp3) is 0.529. The summed E-state index contributed by atoms with van der Waals surface area (Å²) in [6, 6.07) is 8.44. The molecule has 0 aromatic heterocycles. The van der Waals surface area contributed by atoms with Crippen LogP contribution in [0, 0.1) is 0 Å². The van der Waals surface area contributed by atoms with E-state index in [0.29, 0.717) is 12.2 Å². The highest BCUT2D eigenvalue weighted by molar-refractivity contribution is 5.89. The van der Waals surface area contributed by atoms with Crippen molar-refractivity contribution < 1.29 is 19.2 Å². The van der Waals surface area contributed by atoms with E-state index in [0.717, 1.165) is 19.3 Å². The van der Waals surface area contributed by atoms with Crippen LogP contribution in [-0.2, 0) is 9.57 Å². The first-order valence-electron chi connectivity index (χ1n) is 7.93. The number of carbonyl (C=O) groups is 2. The zero-order valence-corrected chi connectivity index (χ0v) is 13.2. The number of hydrogen-bond acceptors (Lipinski definition) is 4. The molecule has 0 atom stereocenters. The standard InChI is InChI=1S/C17H25NO4/c1-2-3-4-5-6-7-11-14-21-17(20)18-22-16(19)15-12-9-8-10-13-15/h8-10,12-13H,2-7,11,14H2,1H3,(H,18,20). The largest absolute Gasteiger partial charge is 0.447 e. The van der Waals surface area contributed by atoms with Gasteiger partial charge in [0.1, 0.15) is 0 Å². The molecule has 22 heavy (non-hydrogen) atoms. The van der Waals surface area contributed by atoms with E-state index in [4.69, 9.17) is 4.74 Å². The first kappa shape index (κ1) is 18.0. The normalized spacial score (nSPS) is 10.0. The molecule has 0 fully saturated rings. The Bertz CT molecular complexity index is 434. The lowest BCUT2D eigenvalue weighted by Crippen LogP contribution is -2.28. The average molecular weight is 307 g/mol. The summed E-state index contributed by atoms with van der Waals surface area (Å²) < 4.78 is 4.93. The van der Waals surface area contributed by atoms with Gasteiger partial charge in [-0.25, -0.2) is 9.59 Å². The van der Waals surface area contributed by atoms with Crippen molar-refractivity contribution in [1.29, 1.82) is 0 Å². The first-order chi connectivity index (χ1) is 10.7. The molecule has 0 aliphatic heterocycles. The molecule has 0 heterocycles. The molecular weight excluding hydrogens is 282 g/mol. The van der Waals surface area contributed by atoms with Crippen molar-refractivity contribution in [2.45, 2.75) is 51.9 Å². The molecule has 1 rings (SSSR count). The molecule has 0 saturated carbocycles. The summed E-state index contributed by atoms with van der Waals surface area (Å²) in [4.78, 5) is 27.5. The van der Waals surface area contributed by atoms with Crippen LogP contribution in [0.3, 0.4) is 0 Å². The van der Waals surface area contributed by atoms with Crippen LogP contribution >= 0.6 is 0 Å². The van der Waals surface area contributed by atoms with E-state index < -0.39 is 12.1 Å². The number of hydrogen-bond donors (Lipinski definition) is 1. The monoisotopic (exact) mass is 307 g/mol. The van der Waals surface area contributed by atoms with Crippen LogP contribution in [0.4, 0.5) is 4.79 Å². The summed E-state index contributed by atoms with van der Waals surface area (Å²) in [6.45, 7) is 2.53. The maximum atomic E-state index is 11.6. The van der Waals surface area contributed by atoms with Crippen LogP contribution in [0.5, 0.6) is 0 Å². The lowest BCUT2D eigenvalue weighted by atomic mass is 10.1. The van der Waals surface area contributed by atoms with E-state index in [2.05, 4.69) is 11.8 Å². The molecule has 5 nitrogen and oxygen atoms in total. The molecule has 0 saturated heterocycles. The first-order valence-corrected chi connectivity index (χ1v) is 7.93. The fourth-order valence-electron chi connectivity index (χ4n) is 1.97. The minimum absolute atomic E-state index is 0.336. The summed E-state index contributed by atoms with van der Waals surface area (Å²) in [5, 5.41) is 0. The van der Waals surface area contributed by atoms with Crippen LogP contribution in [0.15, 0.2) is 30.3 Å². The van der Waals surface area contributed by atoms with Crippen LogP contribution < -0.4 is 5.48 Å². The van der Waals surface area contributed by atoms with Gasteiger partial charge in [0.2, 0.25) is 0 Å². The second-order valence-electron chi connectivity index (χ2n) is 5.11. The number of ether oxygens (including phenoxy) is 1. The van der Waals surface area contributed by atoms with E-state index >= 15 is 0 Å². The Kier molecular flexibility index (Phi) is 9.50. The molecule has 122 valence electrons. The van der Waals surface area contributed by atoms with E-state index in [1.54, 1.807) is 30.3 Å². The van der Waals surface area contributed by atoms with Crippen molar-refractivity contribution >= 4 is 12.1 Å². The molecular formula is C17H25NO4. The van der Waals surface area contributed by atoms with Gasteiger partial charge in [0.05, 0.1) is 12.2 Å². The summed E-state index contributed by atoms with van der Waals surface area (Å²) >= 11 is 0. The van der Waals surface area contributed by atoms with Gasteiger partial charge in [0.25, 0.3) is 0 Å². The van der Waals surface area contributed by atoms with Crippen molar-refractivity contribution in [3.63, 3.8) is 0 Å². The Morgan fingerprint density at radius 3 is 2.27 bits per heavy atom. The van der Waals surface area contributed by atoms with Gasteiger partial charge in [-0.05, 0) is 18.6 Å². The van der Waals surface area contributed by atoms with Gasteiger partial charge in [-0.2, -0.15) is 0 Å². The molecule has 1 amide bonds. The van der Waals surface area contributed by atoms with Gasteiger partial charge in [-0.15, -0.1) is 5.48 Å². The van der Waals surface area contributed by atoms with Gasteiger partial charge >= 0.3 is 12.1 Å². The molecule has 0 unspecified atom stereocenters.